The van der Waals surface area contributed by atoms with E-state index in [2.05, 4.69) is 48.5 Å². The quantitative estimate of drug-likeness (QED) is 0.0688. The topological polar surface area (TPSA) is 324 Å². The van der Waals surface area contributed by atoms with Gasteiger partial charge in [-0.1, -0.05) is 149 Å². The Morgan fingerprint density at radius 3 is 0.724 bits per heavy atom. The summed E-state index contributed by atoms with van der Waals surface area (Å²) in [7, 11) is 0. The van der Waals surface area contributed by atoms with Gasteiger partial charge < -0.3 is 81.7 Å². The number of aromatic hydroxyl groups is 16. The number of benzene rings is 9. The fourth-order valence-electron chi connectivity index (χ4n) is 9.35. The van der Waals surface area contributed by atoms with Crippen LogP contribution in [0.4, 0.5) is 0 Å². The molecule has 0 radical (unpaired) electrons. The van der Waals surface area contributed by atoms with E-state index < -0.39 is 0 Å². The van der Waals surface area contributed by atoms with Gasteiger partial charge in [0.15, 0.2) is 0 Å². The monoisotopic (exact) mass is 1350 g/mol. The van der Waals surface area contributed by atoms with Gasteiger partial charge in [-0.3, -0.25) is 0 Å². The van der Waals surface area contributed by atoms with E-state index in [9.17, 15) is 51.1 Å². The van der Waals surface area contributed by atoms with E-state index in [1.54, 1.807) is 81.4 Å². The Balaban J connectivity index is 0.000000385. The lowest BCUT2D eigenvalue weighted by Crippen LogP contribution is -2.19. The predicted molar refractivity (Wildman–Crippen MR) is 396 cm³/mol. The van der Waals surface area contributed by atoms with Crippen molar-refractivity contribution in [3.63, 3.8) is 0 Å². The first kappa shape index (κ1) is 84.1. The van der Waals surface area contributed by atoms with Crippen molar-refractivity contribution in [3.05, 3.63) is 202 Å². The van der Waals surface area contributed by atoms with Gasteiger partial charge in [0.1, 0.15) is 92.0 Å². The molecule has 0 saturated heterocycles. The maximum atomic E-state index is 10.2. The molecule has 0 aliphatic carbocycles. The average Bonchev–Trinajstić information content (AvgIpc) is 0.798. The minimum absolute atomic E-state index is 0.0944. The molecule has 0 aromatic heterocycles. The molecule has 0 atom stereocenters. The van der Waals surface area contributed by atoms with Gasteiger partial charge in [0, 0.05) is 44.2 Å². The zero-order valence-corrected chi connectivity index (χ0v) is 61.2. The zero-order valence-electron chi connectivity index (χ0n) is 61.2. The molecular formula is C82H110O16. The lowest BCUT2D eigenvalue weighted by molar-refractivity contribution is 0.400. The molecule has 0 saturated carbocycles. The van der Waals surface area contributed by atoms with Crippen molar-refractivity contribution in [1.29, 1.82) is 0 Å². The summed E-state index contributed by atoms with van der Waals surface area (Å²) in [5.74, 6) is 3.58. The molecule has 534 valence electrons. The number of hydrogen-bond acceptors (Lipinski definition) is 16. The van der Waals surface area contributed by atoms with Crippen molar-refractivity contribution in [2.45, 2.75) is 197 Å². The highest BCUT2D eigenvalue weighted by atomic mass is 16.3. The number of rotatable bonds is 6. The Kier molecular flexibility index (Phi) is 30.3. The minimum Gasteiger partial charge on any atom is -0.508 e. The van der Waals surface area contributed by atoms with Crippen LogP contribution in [0.15, 0.2) is 152 Å². The van der Waals surface area contributed by atoms with Crippen LogP contribution in [0.1, 0.15) is 194 Å². The van der Waals surface area contributed by atoms with Crippen molar-refractivity contribution in [2.75, 3.05) is 0 Å². The molecule has 0 heterocycles. The summed E-state index contributed by atoms with van der Waals surface area (Å²) in [6, 6.07) is 39.4. The third kappa shape index (κ3) is 25.6. The van der Waals surface area contributed by atoms with Crippen LogP contribution in [0.3, 0.4) is 0 Å². The summed E-state index contributed by atoms with van der Waals surface area (Å²) >= 11 is 0. The Bertz CT molecular complexity index is 3820. The van der Waals surface area contributed by atoms with Crippen molar-refractivity contribution < 1.29 is 81.7 Å². The molecule has 0 unspecified atom stereocenters. The summed E-state index contributed by atoms with van der Waals surface area (Å²) in [4.78, 5) is 0. The highest BCUT2D eigenvalue weighted by Gasteiger charge is 2.29. The van der Waals surface area contributed by atoms with Gasteiger partial charge in [-0.15, -0.1) is 0 Å². The fourth-order valence-corrected chi connectivity index (χ4v) is 9.35. The molecule has 9 aromatic carbocycles. The highest BCUT2D eigenvalue weighted by molar-refractivity contribution is 5.92. The van der Waals surface area contributed by atoms with Crippen LogP contribution in [0.2, 0.25) is 0 Å². The standard InChI is InChI=1S/C16H26O2.C14H22O2.C11H16O2.C10H8O2.C10H14O2.C8H10O2.C7H8O2.C6H6O2/c1-7-15(3,4)11-9-14(18)12(10-13(11)17)16(5,6)8-2;1-13(2,3)9-7-12(16)10(8-11(9)15)14(4,5)6;1-4-11(2,3)9-7-8(12)5-6-10(9)13;11-9-5-6-10(12)8-4-2-1-3-7(8)9;1-10(2,3)8-6-7(11)4-5-9(8)12;1-5-3-8(10)6(2)4-7(5)9;1-5-4-6(8)2-3-7(5)9;7-5-1-2-6(8)4-3-5/h9-10,17-18H,7-8H2,1-6H3;7-8,15-16H,1-6H3;5-7,12-13H,4H2,1-3H3;1-6,11-12H;4-6,11-12H,1-3H3;3-4,9-10H,1-2H3;2-4,8-9H,1H3;1-4,7-8H. The Morgan fingerprint density at radius 1 is 0.214 bits per heavy atom. The van der Waals surface area contributed by atoms with Crippen molar-refractivity contribution >= 4 is 10.8 Å². The van der Waals surface area contributed by atoms with Crippen LogP contribution < -0.4 is 0 Å². The summed E-state index contributed by atoms with van der Waals surface area (Å²) in [6.07, 6.45) is 2.75. The first-order valence-corrected chi connectivity index (χ1v) is 32.5. The summed E-state index contributed by atoms with van der Waals surface area (Å²) in [5, 5.41) is 151. The van der Waals surface area contributed by atoms with E-state index in [4.69, 9.17) is 30.6 Å². The van der Waals surface area contributed by atoms with E-state index in [0.717, 1.165) is 52.6 Å². The van der Waals surface area contributed by atoms with Gasteiger partial charge in [-0.05, 0) is 217 Å². The summed E-state index contributed by atoms with van der Waals surface area (Å²) < 4.78 is 0. The van der Waals surface area contributed by atoms with Gasteiger partial charge >= 0.3 is 0 Å². The normalized spacial score (nSPS) is 11.3. The van der Waals surface area contributed by atoms with E-state index >= 15 is 0 Å². The second kappa shape index (κ2) is 35.3. The van der Waals surface area contributed by atoms with Crippen molar-refractivity contribution in [2.24, 2.45) is 0 Å². The van der Waals surface area contributed by atoms with Gasteiger partial charge in [-0.25, -0.2) is 0 Å². The highest BCUT2D eigenvalue weighted by Crippen LogP contribution is 2.44. The molecule has 0 spiro atoms. The van der Waals surface area contributed by atoms with Crippen LogP contribution >= 0.6 is 0 Å². The number of fused-ring (bicyclic) bond motifs is 1. The van der Waals surface area contributed by atoms with Crippen LogP contribution in [-0.4, -0.2) is 81.7 Å². The van der Waals surface area contributed by atoms with E-state index in [1.807, 2.05) is 88.3 Å². The van der Waals surface area contributed by atoms with Gasteiger partial charge in [0.25, 0.3) is 0 Å². The van der Waals surface area contributed by atoms with Gasteiger partial charge in [0.2, 0.25) is 0 Å². The van der Waals surface area contributed by atoms with E-state index in [-0.39, 0.29) is 124 Å². The van der Waals surface area contributed by atoms with Gasteiger partial charge in [0.05, 0.1) is 0 Å². The minimum atomic E-state index is -0.169. The Morgan fingerprint density at radius 2 is 0.439 bits per heavy atom. The smallest absolute Gasteiger partial charge is 0.123 e. The molecule has 16 nitrogen and oxygen atoms in total. The summed E-state index contributed by atoms with van der Waals surface area (Å²) in [5.41, 5.74) is 6.01. The maximum Gasteiger partial charge on any atom is 0.123 e. The molecule has 0 aliphatic heterocycles. The molecular weight excluding hydrogens is 1240 g/mol. The van der Waals surface area contributed by atoms with Crippen LogP contribution in [0.5, 0.6) is 92.0 Å². The average molecular weight is 1350 g/mol. The number of phenols is 16. The number of phenolic OH excluding ortho intramolecular Hbond substituents is 16. The Labute approximate surface area is 580 Å². The zero-order chi connectivity index (χ0) is 75.4. The fraction of sp³-hybridized carbons (Fsp3) is 0.366. The molecule has 0 amide bonds. The molecule has 98 heavy (non-hydrogen) atoms. The molecule has 0 aliphatic rings. The molecule has 0 fully saturated rings. The van der Waals surface area contributed by atoms with Gasteiger partial charge in [-0.2, -0.15) is 0 Å². The molecule has 16 N–H and O–H groups in total. The lowest BCUT2D eigenvalue weighted by atomic mass is 9.77. The second-order valence-corrected chi connectivity index (χ2v) is 29.2. The third-order valence-electron chi connectivity index (χ3n) is 16.9. The third-order valence-corrected chi connectivity index (χ3v) is 16.9. The molecule has 16 heteroatoms. The molecule has 9 aromatic rings. The van der Waals surface area contributed by atoms with Crippen LogP contribution in [0, 0.1) is 20.8 Å². The Hall–Kier alpha value is -9.96. The first-order valence-electron chi connectivity index (χ1n) is 32.5. The first-order chi connectivity index (χ1) is 44.9. The van der Waals surface area contributed by atoms with Crippen LogP contribution in [0.25, 0.3) is 10.8 Å². The largest absolute Gasteiger partial charge is 0.508 e. The van der Waals surface area contributed by atoms with E-state index in [1.165, 1.54) is 78.9 Å². The number of hydrogen-bond donors (Lipinski definition) is 16. The maximum absolute atomic E-state index is 10.2. The van der Waals surface area contributed by atoms with Crippen LogP contribution in [-0.2, 0) is 32.5 Å². The molecule has 9 rings (SSSR count). The number of aryl methyl sites for hydroxylation is 3. The second-order valence-electron chi connectivity index (χ2n) is 29.2. The SMILES string of the molecule is CC(C)(C)c1cc(O)c(C(C)(C)C)cc1O.CC(C)(C)c1cc(O)ccc1O.CCC(C)(C)c1cc(O)c(C(C)(C)CC)cc1O.CCC(C)(C)c1cc(O)ccc1O.Cc1cc(O)c(C)cc1O.Cc1cc(O)ccc1O.Oc1ccc(O)c2ccccc12.Oc1ccc(O)cc1. The van der Waals surface area contributed by atoms with Crippen molar-refractivity contribution in [3.8, 4) is 92.0 Å². The van der Waals surface area contributed by atoms with Crippen molar-refractivity contribution in [1.82, 2.24) is 0 Å². The predicted octanol–water partition coefficient (Wildman–Crippen LogP) is 19.8. The lowest BCUT2D eigenvalue weighted by Gasteiger charge is -2.29. The molecule has 0 bridgehead atoms. The summed E-state index contributed by atoms with van der Waals surface area (Å²) in [6.45, 7) is 41.9. The van der Waals surface area contributed by atoms with E-state index in [0.29, 0.717) is 27.5 Å².